The van der Waals surface area contributed by atoms with Gasteiger partial charge in [-0.3, -0.25) is 69.8 Å². The summed E-state index contributed by atoms with van der Waals surface area (Å²) in [6.07, 6.45) is -11.6. The number of nitrogens with zero attached hydrogens (tertiary/aromatic N) is 10. The highest BCUT2D eigenvalue weighted by Gasteiger charge is 2.48. The lowest BCUT2D eigenvalue weighted by Crippen LogP contribution is -2.34. The van der Waals surface area contributed by atoms with Crippen molar-refractivity contribution in [2.75, 3.05) is 43.6 Å². The Morgan fingerprint density at radius 1 is 0.625 bits per heavy atom. The molecule has 80 heavy (non-hydrogen) atoms. The van der Waals surface area contributed by atoms with Gasteiger partial charge in [0.15, 0.2) is 28.9 Å². The molecule has 0 spiro atoms. The molecule has 10 rings (SSSR count). The van der Waals surface area contributed by atoms with Crippen molar-refractivity contribution in [2.45, 2.75) is 99.4 Å². The zero-order valence-corrected chi connectivity index (χ0v) is 43.4. The molecule has 4 aliphatic rings. The number of nitrogens with one attached hydrogen (secondary N) is 2. The van der Waals surface area contributed by atoms with E-state index in [1.807, 2.05) is 4.98 Å². The number of ether oxygens (including phenoxy) is 4. The molecule has 13 N–H and O–H groups in total. The van der Waals surface area contributed by atoms with Crippen molar-refractivity contribution in [1.29, 1.82) is 0 Å². The summed E-state index contributed by atoms with van der Waals surface area (Å²) >= 11 is 0. The molecule has 15 atom stereocenters. The molecule has 4 saturated heterocycles. The van der Waals surface area contributed by atoms with Gasteiger partial charge < -0.3 is 61.0 Å². The third-order valence-corrected chi connectivity index (χ3v) is 15.9. The van der Waals surface area contributed by atoms with Crippen LogP contribution in [0.15, 0.2) is 56.6 Å². The number of nitrogen functional groups attached to an aromatic ring is 3. The van der Waals surface area contributed by atoms with Crippen LogP contribution in [-0.2, 0) is 59.8 Å². The molecule has 0 aromatic carbocycles. The lowest BCUT2D eigenvalue weighted by Gasteiger charge is -2.25. The van der Waals surface area contributed by atoms with Crippen LogP contribution in [0.25, 0.3) is 22.3 Å². The first-order valence-corrected chi connectivity index (χ1v) is 28.1. The Balaban J connectivity index is 0.826. The van der Waals surface area contributed by atoms with Crippen LogP contribution in [0, 0.1) is 0 Å². The average Bonchev–Trinajstić information content (AvgIpc) is 4.27. The van der Waals surface area contributed by atoms with Gasteiger partial charge in [-0.15, -0.1) is 0 Å². The first-order valence-electron chi connectivity index (χ1n) is 23.7. The maximum Gasteiger partial charge on any atom is 0.472 e. The van der Waals surface area contributed by atoms with Gasteiger partial charge in [-0.2, -0.15) is 9.97 Å². The van der Waals surface area contributed by atoms with Crippen LogP contribution < -0.4 is 39.7 Å². The van der Waals surface area contributed by atoms with E-state index in [-0.39, 0.29) is 65.5 Å². The minimum absolute atomic E-state index is 0.0361. The number of nitrogens with two attached hydrogens (primary N) is 3. The number of fused-ring (bicyclic) bond motifs is 2. The van der Waals surface area contributed by atoms with Crippen LogP contribution in [-0.4, -0.2) is 165 Å². The highest BCUT2D eigenvalue weighted by Crippen LogP contribution is 2.53. The molecule has 4 aliphatic heterocycles. The van der Waals surface area contributed by atoms with Crippen molar-refractivity contribution in [2.24, 2.45) is 0 Å². The van der Waals surface area contributed by atoms with Crippen molar-refractivity contribution in [1.82, 2.24) is 58.1 Å². The number of imidazole rings is 2. The molecule has 6 aromatic rings. The maximum absolute atomic E-state index is 13.9. The number of carbonyl (C=O) groups is 1. The largest absolute Gasteiger partial charge is 0.472 e. The Morgan fingerprint density at radius 2 is 1.14 bits per heavy atom. The van der Waals surface area contributed by atoms with Crippen LogP contribution in [0.4, 0.5) is 17.6 Å². The third kappa shape index (κ3) is 12.3. The Bertz CT molecular complexity index is 3710. The molecule has 10 heterocycles. The van der Waals surface area contributed by atoms with E-state index in [0.717, 1.165) is 21.7 Å². The van der Waals surface area contributed by atoms with Gasteiger partial charge in [0.1, 0.15) is 79.2 Å². The van der Waals surface area contributed by atoms with E-state index >= 15 is 0 Å². The number of hydrogen-bond acceptors (Lipinski definition) is 29. The average molecular weight is 1190 g/mol. The molecule has 0 amide bonds. The van der Waals surface area contributed by atoms with Crippen LogP contribution in [0.2, 0.25) is 0 Å². The Hall–Kier alpha value is -6.38. The van der Waals surface area contributed by atoms with Crippen molar-refractivity contribution < 1.29 is 89.5 Å². The fourth-order valence-electron chi connectivity index (χ4n) is 9.13. The highest BCUT2D eigenvalue weighted by molar-refractivity contribution is 7.48. The highest BCUT2D eigenvalue weighted by atomic mass is 31.2. The molecule has 0 bridgehead atoms. The number of phosphoric acid groups is 3. The summed E-state index contributed by atoms with van der Waals surface area (Å²) in [5, 5.41) is 21.5. The van der Waals surface area contributed by atoms with Gasteiger partial charge >= 0.3 is 34.8 Å². The molecule has 0 aliphatic carbocycles. The predicted molar refractivity (Wildman–Crippen MR) is 261 cm³/mol. The van der Waals surface area contributed by atoms with Gasteiger partial charge in [-0.1, -0.05) is 0 Å². The summed E-state index contributed by atoms with van der Waals surface area (Å²) < 4.78 is 101. The minimum Gasteiger partial charge on any atom is -0.390 e. The fraction of sp³-hybridized carbons (Fsp3) is 0.513. The topological polar surface area (TPSA) is 537 Å². The number of aromatic nitrogens is 12. The van der Waals surface area contributed by atoms with E-state index in [9.17, 15) is 62.6 Å². The van der Waals surface area contributed by atoms with E-state index in [1.54, 1.807) is 0 Å². The van der Waals surface area contributed by atoms with Crippen LogP contribution in [0.1, 0.15) is 61.0 Å². The van der Waals surface area contributed by atoms with Crippen molar-refractivity contribution in [3.8, 4) is 0 Å². The predicted octanol–water partition coefficient (Wildman–Crippen LogP) is -2.66. The van der Waals surface area contributed by atoms with Crippen LogP contribution in [0.3, 0.4) is 0 Å². The standard InChI is InChI=1S/C39H48N15O23P3/c40-25-1-2-51(38(60)47-25)26-3-17(56)21(72-26)9-68-78(62,63)69-11-23-19(5-28(74-23)52-7-16(8-55)35(58)50-39(52)61)76-80(66,67)71-12-24-20(6-29(75-24)54-15-46-31-34(54)48-37(42)49-36(31)59)77-79(64,65)70-10-22-18(57)4-27(73-22)53-14-45-30-32(41)43-13-44-33(30)53/h1-2,7-8,13-15,17-24,26-29,56-57H,3-6,9-12H2,(H,62,63)(H,64,65)(H,66,67)(H2,40,47,60)(H2,41,43,44)(H,50,58,61)(H3,42,48,49,59)/t17-,18-,19-,20-,21+,22+,23+,24+,26+,27+,28+,29+/m0/s1. The molecule has 41 heteroatoms. The molecular weight excluding hydrogens is 1140 g/mol. The Kier molecular flexibility index (Phi) is 16.0. The summed E-state index contributed by atoms with van der Waals surface area (Å²) in [4.78, 5) is 123. The monoisotopic (exact) mass is 1190 g/mol. The number of hydrogen-bond donors (Lipinski definition) is 10. The number of aliphatic hydroxyl groups excluding tert-OH is 2. The molecular formula is C39H48N15O23P3. The third-order valence-electron chi connectivity index (χ3n) is 13.0. The van der Waals surface area contributed by atoms with Crippen molar-refractivity contribution in [3.05, 3.63) is 84.7 Å². The second-order valence-corrected chi connectivity index (χ2v) is 22.5. The molecule has 3 unspecified atom stereocenters. The summed E-state index contributed by atoms with van der Waals surface area (Å²) in [6.45, 7) is -3.48. The smallest absolute Gasteiger partial charge is 0.390 e. The number of carbonyl (C=O) groups excluding carboxylic acids is 1. The van der Waals surface area contributed by atoms with Crippen molar-refractivity contribution in [3.63, 3.8) is 0 Å². The number of phosphoric ester groups is 3. The normalized spacial score (nSPS) is 29.3. The SMILES string of the molecule is Nc1ccn([C@H]2C[C@H](O)[C@@H](COP(=O)(O)OC[C@H]3O[C@@H](n4cc(C=O)c(=O)[nH]c4=O)C[C@@H]3OP(=O)(O)OC[C@H]3O[C@@H](n4cnc5c(=O)[nH]c(N)nc54)C[C@@H]3OP(=O)(O)OC[C@H]3O[C@@H](n4cnc5c(N)ncnc54)C[C@@H]3O)O2)c(=O)n1. The maximum atomic E-state index is 13.9. The van der Waals surface area contributed by atoms with Gasteiger partial charge in [-0.25, -0.2) is 43.2 Å². The molecule has 432 valence electrons. The quantitative estimate of drug-likeness (QED) is 0.0260. The summed E-state index contributed by atoms with van der Waals surface area (Å²) in [5.74, 6) is -0.296. The first kappa shape index (κ1) is 56.9. The molecule has 0 saturated carbocycles. The van der Waals surface area contributed by atoms with E-state index in [4.69, 9.17) is 63.3 Å². The zero-order chi connectivity index (χ0) is 57.0. The van der Waals surface area contributed by atoms with Gasteiger partial charge in [0.25, 0.3) is 11.1 Å². The van der Waals surface area contributed by atoms with Crippen LogP contribution in [0.5, 0.6) is 0 Å². The fourth-order valence-corrected chi connectivity index (χ4v) is 11.8. The number of aromatic amines is 2. The second kappa shape index (κ2) is 22.5. The summed E-state index contributed by atoms with van der Waals surface area (Å²) in [5.41, 5.74) is 13.2. The Morgan fingerprint density at radius 3 is 1.73 bits per heavy atom. The van der Waals surface area contributed by atoms with Crippen molar-refractivity contribution >= 4 is 69.7 Å². The second-order valence-electron chi connectivity index (χ2n) is 18.2. The zero-order valence-electron chi connectivity index (χ0n) is 40.8. The number of H-pyrrole nitrogens is 2. The van der Waals surface area contributed by atoms with E-state index < -0.39 is 158 Å². The van der Waals surface area contributed by atoms with Gasteiger partial charge in [0.2, 0.25) is 5.95 Å². The van der Waals surface area contributed by atoms with Gasteiger partial charge in [-0.05, 0) is 6.07 Å². The molecule has 4 fully saturated rings. The van der Waals surface area contributed by atoms with E-state index in [1.165, 1.54) is 34.1 Å². The summed E-state index contributed by atoms with van der Waals surface area (Å²) in [6, 6.07) is 1.31. The van der Waals surface area contributed by atoms with E-state index in [0.29, 0.717) is 0 Å². The first-order chi connectivity index (χ1) is 37.9. The Labute approximate surface area is 444 Å². The number of aldehydes is 1. The summed E-state index contributed by atoms with van der Waals surface area (Å²) in [7, 11) is -15.8. The van der Waals surface area contributed by atoms with Crippen LogP contribution >= 0.6 is 23.5 Å². The molecule has 6 aromatic heterocycles. The van der Waals surface area contributed by atoms with Gasteiger partial charge in [0, 0.05) is 38.1 Å². The lowest BCUT2D eigenvalue weighted by molar-refractivity contribution is -0.0633. The molecule has 38 nitrogen and oxygen atoms in total. The number of anilines is 3. The number of aliphatic hydroxyl groups is 2. The van der Waals surface area contributed by atoms with E-state index in [2.05, 4.69) is 34.9 Å². The minimum atomic E-state index is -5.45. The lowest BCUT2D eigenvalue weighted by atomic mass is 10.2. The van der Waals surface area contributed by atoms with Gasteiger partial charge in [0.05, 0.1) is 56.9 Å². The molecule has 0 radical (unpaired) electrons. The number of rotatable bonds is 21.